The van der Waals surface area contributed by atoms with Crippen LogP contribution in [0.2, 0.25) is 0 Å². The summed E-state index contributed by atoms with van der Waals surface area (Å²) in [6, 6.07) is 15.1. The molecule has 3 aromatic rings. The van der Waals surface area contributed by atoms with Gasteiger partial charge in [0.2, 0.25) is 0 Å². The molecule has 118 valence electrons. The van der Waals surface area contributed by atoms with Gasteiger partial charge in [-0.2, -0.15) is 0 Å². The molecule has 0 aliphatic rings. The molecule has 0 fully saturated rings. The van der Waals surface area contributed by atoms with Crippen molar-refractivity contribution in [2.24, 2.45) is 7.05 Å². The number of aromatic nitrogens is 1. The van der Waals surface area contributed by atoms with E-state index in [4.69, 9.17) is 0 Å². The summed E-state index contributed by atoms with van der Waals surface area (Å²) in [6.45, 7) is 3.66. The zero-order valence-corrected chi connectivity index (χ0v) is 13.2. The molecule has 5 heteroatoms. The van der Waals surface area contributed by atoms with Crippen molar-refractivity contribution in [2.75, 3.05) is 6.54 Å². The van der Waals surface area contributed by atoms with Crippen LogP contribution in [0, 0.1) is 10.1 Å². The van der Waals surface area contributed by atoms with Crippen LogP contribution < -0.4 is 5.32 Å². The molecule has 0 unspecified atom stereocenters. The normalized spacial score (nSPS) is 11.0. The third-order valence-electron chi connectivity index (χ3n) is 4.12. The van der Waals surface area contributed by atoms with Crippen molar-refractivity contribution in [1.82, 2.24) is 9.88 Å². The highest BCUT2D eigenvalue weighted by molar-refractivity contribution is 5.99. The number of nitro groups is 1. The summed E-state index contributed by atoms with van der Waals surface area (Å²) in [7, 11) is 2.01. The molecule has 0 atom stereocenters. The number of nitrogens with one attached hydrogen (secondary N) is 1. The van der Waals surface area contributed by atoms with Gasteiger partial charge < -0.3 is 9.88 Å². The lowest BCUT2D eigenvalue weighted by atomic mass is 10.0. The van der Waals surface area contributed by atoms with Gasteiger partial charge in [-0.15, -0.1) is 0 Å². The zero-order chi connectivity index (χ0) is 16.4. The highest BCUT2D eigenvalue weighted by atomic mass is 16.6. The van der Waals surface area contributed by atoms with Gasteiger partial charge in [-0.3, -0.25) is 10.1 Å². The van der Waals surface area contributed by atoms with Gasteiger partial charge in [-0.1, -0.05) is 37.3 Å². The van der Waals surface area contributed by atoms with Gasteiger partial charge >= 0.3 is 0 Å². The van der Waals surface area contributed by atoms with E-state index in [0.717, 1.165) is 40.8 Å². The molecule has 3 rings (SSSR count). The lowest BCUT2D eigenvalue weighted by Crippen LogP contribution is -2.15. The van der Waals surface area contributed by atoms with Gasteiger partial charge in [0.05, 0.1) is 4.92 Å². The SMILES string of the molecule is CCNCc1c(-c2ccccc2)c2cc([N+](=O)[O-])ccc2n1C. The highest BCUT2D eigenvalue weighted by Gasteiger charge is 2.18. The van der Waals surface area contributed by atoms with Gasteiger partial charge in [-0.05, 0) is 18.2 Å². The van der Waals surface area contributed by atoms with Crippen molar-refractivity contribution in [3.63, 3.8) is 0 Å². The summed E-state index contributed by atoms with van der Waals surface area (Å²) in [5.41, 5.74) is 4.39. The van der Waals surface area contributed by atoms with Crippen LogP contribution in [0.25, 0.3) is 22.0 Å². The van der Waals surface area contributed by atoms with E-state index in [-0.39, 0.29) is 10.6 Å². The first-order valence-electron chi connectivity index (χ1n) is 7.65. The van der Waals surface area contributed by atoms with E-state index < -0.39 is 0 Å². The first kappa shape index (κ1) is 15.2. The van der Waals surface area contributed by atoms with E-state index in [1.807, 2.05) is 43.4 Å². The van der Waals surface area contributed by atoms with Crippen molar-refractivity contribution in [3.05, 3.63) is 64.3 Å². The molecule has 2 aromatic carbocycles. The maximum absolute atomic E-state index is 11.1. The monoisotopic (exact) mass is 309 g/mol. The Bertz CT molecular complexity index is 854. The van der Waals surface area contributed by atoms with E-state index in [1.165, 1.54) is 0 Å². The summed E-state index contributed by atoms with van der Waals surface area (Å²) in [5, 5.41) is 15.4. The molecule has 0 aliphatic carbocycles. The molecule has 1 N–H and O–H groups in total. The quantitative estimate of drug-likeness (QED) is 0.575. The Hall–Kier alpha value is -2.66. The zero-order valence-electron chi connectivity index (χ0n) is 13.2. The molecule has 0 amide bonds. The fourth-order valence-electron chi connectivity index (χ4n) is 2.98. The average molecular weight is 309 g/mol. The van der Waals surface area contributed by atoms with E-state index >= 15 is 0 Å². The fraction of sp³-hybridized carbons (Fsp3) is 0.222. The number of benzene rings is 2. The molecule has 23 heavy (non-hydrogen) atoms. The number of fused-ring (bicyclic) bond motifs is 1. The topological polar surface area (TPSA) is 60.1 Å². The minimum atomic E-state index is -0.342. The summed E-state index contributed by atoms with van der Waals surface area (Å²) in [6.07, 6.45) is 0. The summed E-state index contributed by atoms with van der Waals surface area (Å²) in [5.74, 6) is 0. The average Bonchev–Trinajstić information content (AvgIpc) is 2.85. The first-order valence-corrected chi connectivity index (χ1v) is 7.65. The number of nitrogens with zero attached hydrogens (tertiary/aromatic N) is 2. The summed E-state index contributed by atoms with van der Waals surface area (Å²) in [4.78, 5) is 10.8. The molecule has 0 saturated carbocycles. The van der Waals surface area contributed by atoms with Crippen LogP contribution in [0.5, 0.6) is 0 Å². The minimum Gasteiger partial charge on any atom is -0.346 e. The number of aryl methyl sites for hydroxylation is 1. The Labute approximate surface area is 134 Å². The van der Waals surface area contributed by atoms with E-state index in [2.05, 4.69) is 16.8 Å². The number of rotatable bonds is 5. The van der Waals surface area contributed by atoms with Crippen molar-refractivity contribution in [2.45, 2.75) is 13.5 Å². The third-order valence-corrected chi connectivity index (χ3v) is 4.12. The minimum absolute atomic E-state index is 0.121. The van der Waals surface area contributed by atoms with Crippen molar-refractivity contribution >= 4 is 16.6 Å². The van der Waals surface area contributed by atoms with Gasteiger partial charge in [0.1, 0.15) is 0 Å². The smallest absolute Gasteiger partial charge is 0.270 e. The molecule has 5 nitrogen and oxygen atoms in total. The van der Waals surface area contributed by atoms with Crippen molar-refractivity contribution < 1.29 is 4.92 Å². The molecule has 0 spiro atoms. The predicted molar refractivity (Wildman–Crippen MR) is 92.4 cm³/mol. The number of hydrogen-bond donors (Lipinski definition) is 1. The van der Waals surface area contributed by atoms with Crippen LogP contribution in [0.15, 0.2) is 48.5 Å². The van der Waals surface area contributed by atoms with Crippen LogP contribution in [-0.2, 0) is 13.6 Å². The van der Waals surface area contributed by atoms with Crippen LogP contribution in [-0.4, -0.2) is 16.0 Å². The maximum atomic E-state index is 11.1. The van der Waals surface area contributed by atoms with Gasteiger partial charge in [0.25, 0.3) is 5.69 Å². The van der Waals surface area contributed by atoms with E-state index in [9.17, 15) is 10.1 Å². The molecule has 1 heterocycles. The van der Waals surface area contributed by atoms with Gasteiger partial charge in [-0.25, -0.2) is 0 Å². The molecule has 0 aliphatic heterocycles. The Balaban J connectivity index is 2.31. The van der Waals surface area contributed by atoms with Crippen molar-refractivity contribution in [3.8, 4) is 11.1 Å². The van der Waals surface area contributed by atoms with Crippen LogP contribution in [0.4, 0.5) is 5.69 Å². The largest absolute Gasteiger partial charge is 0.346 e. The number of nitro benzene ring substituents is 1. The Kier molecular flexibility index (Phi) is 4.12. The molecule has 0 bridgehead atoms. The van der Waals surface area contributed by atoms with Crippen LogP contribution >= 0.6 is 0 Å². The summed E-state index contributed by atoms with van der Waals surface area (Å²) >= 11 is 0. The maximum Gasteiger partial charge on any atom is 0.270 e. The fourth-order valence-corrected chi connectivity index (χ4v) is 2.98. The second-order valence-corrected chi connectivity index (χ2v) is 5.49. The Morgan fingerprint density at radius 2 is 1.91 bits per heavy atom. The molecular weight excluding hydrogens is 290 g/mol. The number of non-ortho nitro benzene ring substituents is 1. The molecular formula is C18H19N3O2. The predicted octanol–water partition coefficient (Wildman–Crippen LogP) is 3.86. The Morgan fingerprint density at radius 1 is 1.17 bits per heavy atom. The first-order chi connectivity index (χ1) is 11.1. The molecule has 0 saturated heterocycles. The van der Waals surface area contributed by atoms with Crippen LogP contribution in [0.1, 0.15) is 12.6 Å². The second kappa shape index (κ2) is 6.22. The van der Waals surface area contributed by atoms with E-state index in [0.29, 0.717) is 0 Å². The lowest BCUT2D eigenvalue weighted by molar-refractivity contribution is -0.384. The van der Waals surface area contributed by atoms with Crippen LogP contribution in [0.3, 0.4) is 0 Å². The molecule has 1 aromatic heterocycles. The lowest BCUT2D eigenvalue weighted by Gasteiger charge is -2.08. The van der Waals surface area contributed by atoms with Gasteiger partial charge in [0, 0.05) is 47.9 Å². The van der Waals surface area contributed by atoms with Gasteiger partial charge in [0.15, 0.2) is 0 Å². The third kappa shape index (κ3) is 2.71. The van der Waals surface area contributed by atoms with Crippen molar-refractivity contribution in [1.29, 1.82) is 0 Å². The number of hydrogen-bond acceptors (Lipinski definition) is 3. The molecule has 0 radical (unpaired) electrons. The Morgan fingerprint density at radius 3 is 2.57 bits per heavy atom. The highest BCUT2D eigenvalue weighted by Crippen LogP contribution is 2.36. The van der Waals surface area contributed by atoms with E-state index in [1.54, 1.807) is 12.1 Å². The standard InChI is InChI=1S/C18H19N3O2/c1-3-19-12-17-18(13-7-5-4-6-8-13)15-11-14(21(22)23)9-10-16(15)20(17)2/h4-11,19H,3,12H2,1-2H3. The second-order valence-electron chi connectivity index (χ2n) is 5.49. The summed E-state index contributed by atoms with van der Waals surface area (Å²) < 4.78 is 2.12.